The summed E-state index contributed by atoms with van der Waals surface area (Å²) in [5.74, 6) is -1.06. The van der Waals surface area contributed by atoms with Gasteiger partial charge in [-0.05, 0) is 36.8 Å². The van der Waals surface area contributed by atoms with Crippen molar-refractivity contribution in [1.29, 1.82) is 0 Å². The van der Waals surface area contributed by atoms with Crippen LogP contribution in [-0.4, -0.2) is 30.2 Å². The third-order valence-corrected chi connectivity index (χ3v) is 5.31. The van der Waals surface area contributed by atoms with E-state index in [0.717, 1.165) is 10.8 Å². The second-order valence-electron chi connectivity index (χ2n) is 7.38. The fraction of sp³-hybridized carbons (Fsp3) is 0.130. The predicted molar refractivity (Wildman–Crippen MR) is 121 cm³/mol. The highest BCUT2D eigenvalue weighted by Gasteiger charge is 2.17. The summed E-state index contributed by atoms with van der Waals surface area (Å²) in [5, 5.41) is 10.6. The van der Waals surface area contributed by atoms with Crippen LogP contribution in [0.3, 0.4) is 0 Å². The van der Waals surface area contributed by atoms with Crippen LogP contribution < -0.4 is 16.8 Å². The minimum Gasteiger partial charge on any atom is -0.494 e. The molecule has 0 spiro atoms. The van der Waals surface area contributed by atoms with Crippen molar-refractivity contribution in [3.8, 4) is 11.6 Å². The van der Waals surface area contributed by atoms with Crippen molar-refractivity contribution in [2.75, 3.05) is 0 Å². The summed E-state index contributed by atoms with van der Waals surface area (Å²) in [6.07, 6.45) is 1.05. The van der Waals surface area contributed by atoms with Gasteiger partial charge in [0.25, 0.3) is 11.1 Å². The largest absolute Gasteiger partial charge is 0.494 e. The normalized spacial score (nSPS) is 11.4. The number of para-hydroxylation sites is 1. The lowest BCUT2D eigenvalue weighted by molar-refractivity contribution is 0.408. The summed E-state index contributed by atoms with van der Waals surface area (Å²) in [5.41, 5.74) is -0.586. The number of rotatable bonds is 5. The molecule has 0 aliphatic carbocycles. The van der Waals surface area contributed by atoms with E-state index in [1.807, 2.05) is 6.07 Å². The van der Waals surface area contributed by atoms with Crippen molar-refractivity contribution >= 4 is 11.9 Å². The minimum absolute atomic E-state index is 0.0800. The Hall–Kier alpha value is -4.47. The number of halogens is 1. The van der Waals surface area contributed by atoms with Gasteiger partial charge in [-0.2, -0.15) is 0 Å². The lowest BCUT2D eigenvalue weighted by Gasteiger charge is -2.09. The van der Waals surface area contributed by atoms with Gasteiger partial charge in [-0.3, -0.25) is 23.8 Å². The molecule has 2 N–H and O–H groups in total. The van der Waals surface area contributed by atoms with Crippen molar-refractivity contribution in [3.05, 3.63) is 108 Å². The topological polar surface area (TPSA) is 114 Å². The fourth-order valence-electron chi connectivity index (χ4n) is 3.44. The first kappa shape index (κ1) is 21.8. The summed E-state index contributed by atoms with van der Waals surface area (Å²) < 4.78 is 17.1. The summed E-state index contributed by atoms with van der Waals surface area (Å²) in [7, 11) is 1.70. The third-order valence-electron chi connectivity index (χ3n) is 5.31. The maximum atomic E-state index is 13.2. The number of nitrogens with one attached hydrogen (secondary N) is 1. The highest BCUT2D eigenvalue weighted by Crippen LogP contribution is 2.18. The number of aromatic nitrogens is 4. The Labute approximate surface area is 186 Å². The zero-order chi connectivity index (χ0) is 23.7. The van der Waals surface area contributed by atoms with Crippen LogP contribution >= 0.6 is 0 Å². The average molecular weight is 449 g/mol. The molecule has 0 saturated heterocycles. The van der Waals surface area contributed by atoms with E-state index >= 15 is 0 Å². The van der Waals surface area contributed by atoms with E-state index < -0.39 is 28.5 Å². The molecule has 4 aromatic rings. The van der Waals surface area contributed by atoms with Gasteiger partial charge in [0, 0.05) is 13.3 Å². The van der Waals surface area contributed by atoms with Gasteiger partial charge in [0.2, 0.25) is 5.88 Å². The number of benzene rings is 2. The second-order valence-corrected chi connectivity index (χ2v) is 7.38. The van der Waals surface area contributed by atoms with Gasteiger partial charge in [-0.25, -0.2) is 18.9 Å². The van der Waals surface area contributed by atoms with Crippen molar-refractivity contribution in [2.45, 2.75) is 13.5 Å². The van der Waals surface area contributed by atoms with Crippen LogP contribution in [0.2, 0.25) is 0 Å². The quantitative estimate of drug-likeness (QED) is 0.454. The van der Waals surface area contributed by atoms with Crippen LogP contribution in [0.1, 0.15) is 16.8 Å². The Bertz CT molecular complexity index is 1530. The van der Waals surface area contributed by atoms with E-state index in [0.29, 0.717) is 16.9 Å². The van der Waals surface area contributed by atoms with E-state index in [4.69, 9.17) is 0 Å². The lowest BCUT2D eigenvalue weighted by Crippen LogP contribution is -2.32. The summed E-state index contributed by atoms with van der Waals surface area (Å²) in [6.45, 7) is 1.60. The highest BCUT2D eigenvalue weighted by atomic mass is 19.1. The van der Waals surface area contributed by atoms with Crippen LogP contribution in [0.4, 0.5) is 10.1 Å². The zero-order valence-electron chi connectivity index (χ0n) is 17.8. The molecule has 0 aliphatic heterocycles. The van der Waals surface area contributed by atoms with Gasteiger partial charge >= 0.3 is 5.69 Å². The van der Waals surface area contributed by atoms with E-state index in [2.05, 4.69) is 9.98 Å². The van der Waals surface area contributed by atoms with E-state index in [-0.39, 0.29) is 17.8 Å². The molecule has 0 unspecified atom stereocenters. The summed E-state index contributed by atoms with van der Waals surface area (Å²) >= 11 is 0. The molecule has 168 valence electrons. The first-order valence-electron chi connectivity index (χ1n) is 9.96. The fourth-order valence-corrected chi connectivity index (χ4v) is 3.44. The number of H-pyrrole nitrogens is 1. The smallest absolute Gasteiger partial charge is 0.331 e. The molecule has 2 heterocycles. The second kappa shape index (κ2) is 8.58. The van der Waals surface area contributed by atoms with Crippen LogP contribution in [0.25, 0.3) is 5.69 Å². The Morgan fingerprint density at radius 1 is 1.06 bits per heavy atom. The number of aliphatic imine (C=N–C) groups is 1. The monoisotopic (exact) mass is 449 g/mol. The van der Waals surface area contributed by atoms with Gasteiger partial charge in [0.15, 0.2) is 5.69 Å². The Morgan fingerprint density at radius 2 is 1.73 bits per heavy atom. The molecule has 0 radical (unpaired) electrons. The maximum absolute atomic E-state index is 13.2. The van der Waals surface area contributed by atoms with Gasteiger partial charge < -0.3 is 5.11 Å². The zero-order valence-corrected chi connectivity index (χ0v) is 17.8. The molecule has 4 rings (SSSR count). The predicted octanol–water partition coefficient (Wildman–Crippen LogP) is 1.98. The van der Waals surface area contributed by atoms with Crippen molar-refractivity contribution in [3.63, 3.8) is 0 Å². The molecule has 2 aromatic carbocycles. The van der Waals surface area contributed by atoms with E-state index in [1.54, 1.807) is 42.9 Å². The molecule has 9 nitrogen and oxygen atoms in total. The van der Waals surface area contributed by atoms with Crippen molar-refractivity contribution in [2.24, 2.45) is 12.0 Å². The van der Waals surface area contributed by atoms with Crippen molar-refractivity contribution < 1.29 is 9.50 Å². The Balaban J connectivity index is 1.77. The standard InChI is InChI=1S/C23H20FN5O4/c1-14-19(22(32)29(27(14)2)17-6-4-3-5-7-17)25-12-18-20(30)26-23(33)28(21(18)31)13-15-8-10-16(24)11-9-15/h3-12,31H,13H2,1-2H3,(H,26,30,33). The molecular weight excluding hydrogens is 429 g/mol. The summed E-state index contributed by atoms with van der Waals surface area (Å²) in [6, 6.07) is 14.3. The van der Waals surface area contributed by atoms with Gasteiger partial charge in [0.05, 0.1) is 17.9 Å². The minimum atomic E-state index is -0.853. The molecule has 0 amide bonds. The van der Waals surface area contributed by atoms with E-state index in [1.165, 1.54) is 28.9 Å². The van der Waals surface area contributed by atoms with Gasteiger partial charge in [0.1, 0.15) is 11.4 Å². The molecule has 33 heavy (non-hydrogen) atoms. The van der Waals surface area contributed by atoms with Crippen LogP contribution in [0.15, 0.2) is 74.0 Å². The molecule has 0 aliphatic rings. The Morgan fingerprint density at radius 3 is 2.39 bits per heavy atom. The van der Waals surface area contributed by atoms with Crippen molar-refractivity contribution in [1.82, 2.24) is 18.9 Å². The lowest BCUT2D eigenvalue weighted by atomic mass is 10.2. The molecule has 0 fully saturated rings. The molecular formula is C23H20FN5O4. The first-order valence-corrected chi connectivity index (χ1v) is 9.96. The number of aromatic hydroxyl groups is 1. The molecule has 2 aromatic heterocycles. The summed E-state index contributed by atoms with van der Waals surface area (Å²) in [4.78, 5) is 43.9. The maximum Gasteiger partial charge on any atom is 0.331 e. The highest BCUT2D eigenvalue weighted by molar-refractivity contribution is 5.84. The average Bonchev–Trinajstić information content (AvgIpc) is 3.01. The van der Waals surface area contributed by atoms with Crippen LogP contribution in [0, 0.1) is 12.7 Å². The molecule has 0 saturated carbocycles. The number of nitrogens with zero attached hydrogens (tertiary/aromatic N) is 4. The van der Waals surface area contributed by atoms with Gasteiger partial charge in [-0.15, -0.1) is 0 Å². The number of hydrogen-bond acceptors (Lipinski definition) is 5. The van der Waals surface area contributed by atoms with E-state index in [9.17, 15) is 23.9 Å². The van der Waals surface area contributed by atoms with Crippen LogP contribution in [-0.2, 0) is 13.6 Å². The van der Waals surface area contributed by atoms with Gasteiger partial charge in [-0.1, -0.05) is 30.3 Å². The molecule has 0 atom stereocenters. The van der Waals surface area contributed by atoms with Crippen LogP contribution in [0.5, 0.6) is 5.88 Å². The molecule has 10 heteroatoms. The first-order chi connectivity index (χ1) is 15.8. The number of aromatic amines is 1. The Kier molecular flexibility index (Phi) is 5.65. The SMILES string of the molecule is Cc1c(N=Cc2c(O)n(Cc3ccc(F)cc3)c(=O)[nH]c2=O)c(=O)n(-c2ccccc2)n1C. The molecule has 0 bridgehead atoms. The number of hydrogen-bond donors (Lipinski definition) is 2. The third kappa shape index (κ3) is 4.05.